The van der Waals surface area contributed by atoms with Crippen molar-refractivity contribution in [1.82, 2.24) is 0 Å². The van der Waals surface area contributed by atoms with Crippen LogP contribution in [-0.4, -0.2) is 75.0 Å². The molecule has 4 atom stereocenters. The molecule has 41 heavy (non-hydrogen) atoms. The van der Waals surface area contributed by atoms with Crippen LogP contribution in [-0.2, 0) is 22.8 Å². The van der Waals surface area contributed by atoms with Crippen molar-refractivity contribution in [2.45, 2.75) is 148 Å². The predicted octanol–water partition coefficient (Wildman–Crippen LogP) is 8.83. The van der Waals surface area contributed by atoms with Gasteiger partial charge in [0, 0.05) is 7.11 Å². The van der Waals surface area contributed by atoms with E-state index in [1.807, 2.05) is 25.2 Å². The molecular weight excluding hydrogens is 565 g/mol. The Morgan fingerprint density at radius 3 is 1.46 bits per heavy atom. The van der Waals surface area contributed by atoms with Gasteiger partial charge in [0.15, 0.2) is 25.0 Å². The first-order valence-electron chi connectivity index (χ1n) is 15.1. The lowest BCUT2D eigenvalue weighted by molar-refractivity contribution is -0.0834. The van der Waals surface area contributed by atoms with E-state index < -0.39 is 43.3 Å². The number of ether oxygens (including phenoxy) is 2. The van der Waals surface area contributed by atoms with Gasteiger partial charge in [-0.3, -0.25) is 0 Å². The summed E-state index contributed by atoms with van der Waals surface area (Å²) in [5.41, 5.74) is 0. The van der Waals surface area contributed by atoms with Gasteiger partial charge in [-0.2, -0.15) is 0 Å². The van der Waals surface area contributed by atoms with Gasteiger partial charge in [0.05, 0.1) is 18.8 Å². The average molecular weight is 631 g/mol. The monoisotopic (exact) mass is 630 g/mol. The van der Waals surface area contributed by atoms with Crippen molar-refractivity contribution < 1.29 is 27.9 Å². The fourth-order valence-electron chi connectivity index (χ4n) is 3.07. The van der Waals surface area contributed by atoms with Crippen LogP contribution < -0.4 is 0 Å². The molecule has 0 rings (SSSR count). The maximum atomic E-state index is 11.1. The highest BCUT2D eigenvalue weighted by molar-refractivity contribution is 6.75. The van der Waals surface area contributed by atoms with Crippen molar-refractivity contribution in [2.24, 2.45) is 0 Å². The van der Waals surface area contributed by atoms with Gasteiger partial charge in [-0.15, -0.1) is 0 Å². The van der Waals surface area contributed by atoms with Crippen LogP contribution in [0.3, 0.4) is 0 Å². The lowest BCUT2D eigenvalue weighted by Crippen LogP contribution is -2.51. The topological polar surface area (TPSA) is 66.4 Å². The summed E-state index contributed by atoms with van der Waals surface area (Å²) in [6.07, 6.45) is 9.53. The summed E-state index contributed by atoms with van der Waals surface area (Å²) in [7, 11) is -4.71. The fourth-order valence-corrected chi connectivity index (χ4v) is 6.50. The van der Waals surface area contributed by atoms with Gasteiger partial charge in [0.1, 0.15) is 19.0 Å². The molecule has 0 aromatic heterocycles. The van der Waals surface area contributed by atoms with Crippen molar-refractivity contribution in [2.75, 3.05) is 20.5 Å². The van der Waals surface area contributed by atoms with Gasteiger partial charge < -0.3 is 27.9 Å². The van der Waals surface area contributed by atoms with Crippen LogP contribution in [0.15, 0.2) is 36.5 Å². The molecule has 0 unspecified atom stereocenters. The van der Waals surface area contributed by atoms with Gasteiger partial charge in [0.2, 0.25) is 0 Å². The summed E-state index contributed by atoms with van der Waals surface area (Å²) >= 11 is 0. The van der Waals surface area contributed by atoms with E-state index in [0.717, 1.165) is 0 Å². The third kappa shape index (κ3) is 13.4. The zero-order chi connectivity index (χ0) is 32.5. The van der Waals surface area contributed by atoms with Crippen molar-refractivity contribution in [3.05, 3.63) is 36.5 Å². The molecule has 0 bridgehead atoms. The van der Waals surface area contributed by atoms with E-state index in [1.165, 1.54) is 0 Å². The van der Waals surface area contributed by atoms with E-state index in [4.69, 9.17) is 22.8 Å². The standard InChI is InChI=1S/C32H66O6Si3/c1-18-20-27(35-25-34-11)26(33)22-23-29(38-41(16,17)32(8,9)10)28(37-40(14,15)31(5,6)7)21-19-24-36-39(12,13)30(2,3)4/h18-23,26-29,33H,24-25H2,1-17H3/b20-18+,21-19+,23-22+/t26-,27+,28+,29+/m1/s1. The van der Waals surface area contributed by atoms with E-state index in [0.29, 0.717) is 6.61 Å². The Hall–Kier alpha value is -0.369. The van der Waals surface area contributed by atoms with Gasteiger partial charge in [0.25, 0.3) is 0 Å². The fraction of sp³-hybridized carbons (Fsp3) is 0.812. The van der Waals surface area contributed by atoms with Gasteiger partial charge in [-0.05, 0) is 61.3 Å². The number of aliphatic hydroxyl groups is 1. The molecule has 0 saturated carbocycles. The molecule has 0 radical (unpaired) electrons. The smallest absolute Gasteiger partial charge is 0.193 e. The first-order valence-corrected chi connectivity index (χ1v) is 23.8. The molecule has 0 aliphatic carbocycles. The van der Waals surface area contributed by atoms with Crippen molar-refractivity contribution in [1.29, 1.82) is 0 Å². The van der Waals surface area contributed by atoms with Crippen molar-refractivity contribution in [3.8, 4) is 0 Å². The third-order valence-electron chi connectivity index (χ3n) is 9.06. The molecule has 9 heteroatoms. The van der Waals surface area contributed by atoms with Crippen LogP contribution in [0.1, 0.15) is 69.2 Å². The lowest BCUT2D eigenvalue weighted by Gasteiger charge is -2.44. The minimum Gasteiger partial charge on any atom is -0.413 e. The average Bonchev–Trinajstić information content (AvgIpc) is 2.78. The second kappa shape index (κ2) is 16.1. The van der Waals surface area contributed by atoms with Crippen LogP contribution in [0.2, 0.25) is 54.4 Å². The highest BCUT2D eigenvalue weighted by Gasteiger charge is 2.44. The molecule has 1 N–H and O–H groups in total. The quantitative estimate of drug-likeness (QED) is 0.104. The van der Waals surface area contributed by atoms with E-state index in [9.17, 15) is 5.11 Å². The molecule has 0 fully saturated rings. The Balaban J connectivity index is 6.60. The Labute approximate surface area is 257 Å². The van der Waals surface area contributed by atoms with E-state index in [-0.39, 0.29) is 28.0 Å². The summed E-state index contributed by atoms with van der Waals surface area (Å²) in [4.78, 5) is 0. The Bertz CT molecular complexity index is 845. The summed E-state index contributed by atoms with van der Waals surface area (Å²) in [5.74, 6) is 0. The lowest BCUT2D eigenvalue weighted by atomic mass is 10.1. The second-order valence-electron chi connectivity index (χ2n) is 15.6. The van der Waals surface area contributed by atoms with E-state index in [2.05, 4.69) is 114 Å². The molecule has 6 nitrogen and oxygen atoms in total. The van der Waals surface area contributed by atoms with Crippen LogP contribution in [0.25, 0.3) is 0 Å². The zero-order valence-corrected chi connectivity index (χ0v) is 32.7. The Morgan fingerprint density at radius 1 is 0.634 bits per heavy atom. The molecule has 0 amide bonds. The number of aliphatic hydroxyl groups excluding tert-OH is 1. The molecule has 0 spiro atoms. The second-order valence-corrected chi connectivity index (χ2v) is 29.9. The third-order valence-corrected chi connectivity index (χ3v) is 22.5. The summed E-state index contributed by atoms with van der Waals surface area (Å²) in [5, 5.41) is 11.2. The minimum atomic E-state index is -2.21. The number of rotatable bonds is 16. The molecule has 0 aliphatic heterocycles. The predicted molar refractivity (Wildman–Crippen MR) is 183 cm³/mol. The molecule has 0 heterocycles. The molecule has 0 aliphatic rings. The number of methoxy groups -OCH3 is 1. The molecule has 0 saturated heterocycles. The molecule has 0 aromatic carbocycles. The summed E-state index contributed by atoms with van der Waals surface area (Å²) in [6, 6.07) is 0. The minimum absolute atomic E-state index is 0.00342. The number of hydrogen-bond acceptors (Lipinski definition) is 6. The first-order chi connectivity index (χ1) is 18.3. The summed E-state index contributed by atoms with van der Waals surface area (Å²) < 4.78 is 31.3. The van der Waals surface area contributed by atoms with Gasteiger partial charge in [-0.1, -0.05) is 98.8 Å². The molecular formula is C32H66O6Si3. The Kier molecular flexibility index (Phi) is 15.9. The maximum absolute atomic E-state index is 11.1. The molecule has 242 valence electrons. The maximum Gasteiger partial charge on any atom is 0.193 e. The summed E-state index contributed by atoms with van der Waals surface area (Å²) in [6.45, 7) is 36.3. The highest BCUT2D eigenvalue weighted by Crippen LogP contribution is 2.41. The number of allylic oxidation sites excluding steroid dienone is 1. The molecule has 0 aromatic rings. The highest BCUT2D eigenvalue weighted by atomic mass is 28.4. The van der Waals surface area contributed by atoms with E-state index in [1.54, 1.807) is 13.2 Å². The van der Waals surface area contributed by atoms with Crippen LogP contribution in [0.5, 0.6) is 0 Å². The Morgan fingerprint density at radius 2 is 1.07 bits per heavy atom. The van der Waals surface area contributed by atoms with Gasteiger partial charge in [-0.25, -0.2) is 0 Å². The van der Waals surface area contributed by atoms with Crippen LogP contribution in [0, 0.1) is 0 Å². The van der Waals surface area contributed by atoms with E-state index >= 15 is 0 Å². The van der Waals surface area contributed by atoms with Crippen molar-refractivity contribution >= 4 is 25.0 Å². The largest absolute Gasteiger partial charge is 0.413 e. The first kappa shape index (κ1) is 40.6. The van der Waals surface area contributed by atoms with Crippen molar-refractivity contribution in [3.63, 3.8) is 0 Å². The van der Waals surface area contributed by atoms with Crippen LogP contribution in [0.4, 0.5) is 0 Å². The zero-order valence-electron chi connectivity index (χ0n) is 29.7. The van der Waals surface area contributed by atoms with Gasteiger partial charge >= 0.3 is 0 Å². The van der Waals surface area contributed by atoms with Crippen LogP contribution >= 0.6 is 0 Å². The normalized spacial score (nSPS) is 18.0. The number of hydrogen-bond donors (Lipinski definition) is 1. The SMILES string of the molecule is C/C=C/[C@H](OCOC)[C@H](O)/C=C/[C@H](O[Si](C)(C)C(C)(C)C)[C@H](/C=C/CO[Si](C)(C)C(C)(C)C)O[Si](C)(C)C(C)(C)C.